The normalized spacial score (nSPS) is 11.0. The number of halogens is 1. The summed E-state index contributed by atoms with van der Waals surface area (Å²) < 4.78 is 5.80. The maximum absolute atomic E-state index is 5.88. The molecule has 0 aliphatic carbocycles. The smallest absolute Gasteiger partial charge is 0.165 e. The third-order valence-electron chi connectivity index (χ3n) is 3.09. The van der Waals surface area contributed by atoms with Crippen LogP contribution < -0.4 is 5.32 Å². The van der Waals surface area contributed by atoms with E-state index >= 15 is 0 Å². The van der Waals surface area contributed by atoms with Gasteiger partial charge in [-0.15, -0.1) is 0 Å². The van der Waals surface area contributed by atoms with E-state index in [0.29, 0.717) is 0 Å². The number of rotatable bonds is 7. The molecule has 0 radical (unpaired) electrons. The summed E-state index contributed by atoms with van der Waals surface area (Å²) in [6.07, 6.45) is 4.46. The van der Waals surface area contributed by atoms with E-state index < -0.39 is 0 Å². The Morgan fingerprint density at radius 3 is 2.82 bits per heavy atom. The average molecular weight is 334 g/mol. The van der Waals surface area contributed by atoms with E-state index in [-0.39, 0.29) is 0 Å². The van der Waals surface area contributed by atoms with E-state index in [1.54, 1.807) is 18.1 Å². The number of aromatic amines is 1. The summed E-state index contributed by atoms with van der Waals surface area (Å²) in [4.78, 5) is 8.19. The summed E-state index contributed by atoms with van der Waals surface area (Å²) in [5, 5.41) is 4.98. The molecule has 0 fully saturated rings. The SMILES string of the molecule is Clc1ccc(Sc2ccc(CNCCc3cnc[nH]3)o2)cc1. The Balaban J connectivity index is 1.45. The number of furan rings is 1. The second-order valence-electron chi connectivity index (χ2n) is 4.78. The van der Waals surface area contributed by atoms with Gasteiger partial charge in [0.1, 0.15) is 5.76 Å². The van der Waals surface area contributed by atoms with Gasteiger partial charge in [0, 0.05) is 34.8 Å². The molecular weight excluding hydrogens is 318 g/mol. The van der Waals surface area contributed by atoms with Gasteiger partial charge in [0.2, 0.25) is 0 Å². The molecule has 0 bridgehead atoms. The van der Waals surface area contributed by atoms with Gasteiger partial charge in [0.05, 0.1) is 12.9 Å². The predicted octanol–water partition coefficient (Wildman–Crippen LogP) is 4.14. The van der Waals surface area contributed by atoms with Gasteiger partial charge in [-0.25, -0.2) is 4.98 Å². The van der Waals surface area contributed by atoms with Crippen LogP contribution in [0.1, 0.15) is 11.5 Å². The first kappa shape index (κ1) is 15.2. The molecule has 2 heterocycles. The zero-order chi connectivity index (χ0) is 15.2. The van der Waals surface area contributed by atoms with Crippen LogP contribution in [0.4, 0.5) is 0 Å². The van der Waals surface area contributed by atoms with Gasteiger partial charge in [0.25, 0.3) is 0 Å². The molecule has 0 saturated carbocycles. The summed E-state index contributed by atoms with van der Waals surface area (Å²) in [6.45, 7) is 1.60. The maximum atomic E-state index is 5.88. The summed E-state index contributed by atoms with van der Waals surface area (Å²) in [7, 11) is 0. The fourth-order valence-electron chi connectivity index (χ4n) is 1.98. The molecule has 0 unspecified atom stereocenters. The molecule has 22 heavy (non-hydrogen) atoms. The Morgan fingerprint density at radius 1 is 1.18 bits per heavy atom. The number of aromatic nitrogens is 2. The Bertz CT molecular complexity index is 695. The first-order valence-corrected chi connectivity index (χ1v) is 8.19. The van der Waals surface area contributed by atoms with Crippen molar-refractivity contribution in [2.75, 3.05) is 6.54 Å². The molecule has 0 aliphatic rings. The highest BCUT2D eigenvalue weighted by Gasteiger charge is 2.04. The first-order chi connectivity index (χ1) is 10.8. The topological polar surface area (TPSA) is 53.9 Å². The second-order valence-corrected chi connectivity index (χ2v) is 6.29. The Hall–Kier alpha value is -1.69. The Morgan fingerprint density at radius 2 is 2.05 bits per heavy atom. The van der Waals surface area contributed by atoms with Gasteiger partial charge in [-0.1, -0.05) is 23.4 Å². The molecular formula is C16H16ClN3OS. The van der Waals surface area contributed by atoms with Crippen molar-refractivity contribution in [1.29, 1.82) is 0 Å². The third kappa shape index (κ3) is 4.40. The van der Waals surface area contributed by atoms with Gasteiger partial charge < -0.3 is 14.7 Å². The number of nitrogens with zero attached hydrogens (tertiary/aromatic N) is 1. The number of H-pyrrole nitrogens is 1. The van der Waals surface area contributed by atoms with Crippen LogP contribution in [-0.4, -0.2) is 16.5 Å². The molecule has 0 spiro atoms. The van der Waals surface area contributed by atoms with Crippen LogP contribution in [0.15, 0.2) is 63.3 Å². The van der Waals surface area contributed by atoms with E-state index in [0.717, 1.165) is 46.0 Å². The molecule has 2 aromatic heterocycles. The van der Waals surface area contributed by atoms with E-state index in [4.69, 9.17) is 16.0 Å². The minimum atomic E-state index is 0.718. The van der Waals surface area contributed by atoms with Crippen molar-refractivity contribution in [2.24, 2.45) is 0 Å². The van der Waals surface area contributed by atoms with Crippen molar-refractivity contribution in [3.63, 3.8) is 0 Å². The fraction of sp³-hybridized carbons (Fsp3) is 0.188. The van der Waals surface area contributed by atoms with Crippen molar-refractivity contribution < 1.29 is 4.42 Å². The lowest BCUT2D eigenvalue weighted by Crippen LogP contribution is -2.16. The lowest BCUT2D eigenvalue weighted by atomic mass is 10.3. The molecule has 0 amide bonds. The van der Waals surface area contributed by atoms with Crippen LogP contribution in [0.5, 0.6) is 0 Å². The molecule has 3 rings (SSSR count). The van der Waals surface area contributed by atoms with Gasteiger partial charge in [-0.05, 0) is 36.4 Å². The predicted molar refractivity (Wildman–Crippen MR) is 88.3 cm³/mol. The summed E-state index contributed by atoms with van der Waals surface area (Å²) in [6, 6.07) is 11.7. The number of imidazole rings is 1. The largest absolute Gasteiger partial charge is 0.453 e. The standard InChI is InChI=1S/C16H16ClN3OS/c17-12-1-4-15(5-2-12)22-16-6-3-14(21-16)10-18-8-7-13-9-19-11-20-13/h1-6,9,11,18H,7-8,10H2,(H,19,20). The molecule has 0 saturated heterocycles. The molecule has 2 N–H and O–H groups in total. The molecule has 114 valence electrons. The lowest BCUT2D eigenvalue weighted by molar-refractivity contribution is 0.417. The summed E-state index contributed by atoms with van der Waals surface area (Å²) in [5.41, 5.74) is 1.13. The summed E-state index contributed by atoms with van der Waals surface area (Å²) in [5.74, 6) is 0.932. The van der Waals surface area contributed by atoms with Crippen LogP contribution in [-0.2, 0) is 13.0 Å². The van der Waals surface area contributed by atoms with Crippen molar-refractivity contribution in [1.82, 2.24) is 15.3 Å². The van der Waals surface area contributed by atoms with Gasteiger partial charge >= 0.3 is 0 Å². The van der Waals surface area contributed by atoms with E-state index in [1.165, 1.54) is 0 Å². The lowest BCUT2D eigenvalue weighted by Gasteiger charge is -2.01. The van der Waals surface area contributed by atoms with Gasteiger partial charge in [-0.2, -0.15) is 0 Å². The highest BCUT2D eigenvalue weighted by atomic mass is 35.5. The highest BCUT2D eigenvalue weighted by Crippen LogP contribution is 2.29. The van der Waals surface area contributed by atoms with Crippen LogP contribution in [0.3, 0.4) is 0 Å². The van der Waals surface area contributed by atoms with Crippen molar-refractivity contribution >= 4 is 23.4 Å². The van der Waals surface area contributed by atoms with Crippen LogP contribution in [0.25, 0.3) is 0 Å². The van der Waals surface area contributed by atoms with E-state index in [9.17, 15) is 0 Å². The molecule has 6 heteroatoms. The fourth-order valence-corrected chi connectivity index (χ4v) is 2.90. The van der Waals surface area contributed by atoms with Crippen molar-refractivity contribution in [3.05, 3.63) is 65.4 Å². The van der Waals surface area contributed by atoms with Crippen molar-refractivity contribution in [2.45, 2.75) is 23.0 Å². The molecule has 0 atom stereocenters. The second kappa shape index (κ2) is 7.54. The summed E-state index contributed by atoms with van der Waals surface area (Å²) >= 11 is 7.47. The van der Waals surface area contributed by atoms with Gasteiger partial charge in [0.15, 0.2) is 5.09 Å². The first-order valence-electron chi connectivity index (χ1n) is 7.00. The van der Waals surface area contributed by atoms with Gasteiger partial charge in [-0.3, -0.25) is 0 Å². The van der Waals surface area contributed by atoms with Crippen LogP contribution in [0.2, 0.25) is 5.02 Å². The molecule has 0 aliphatic heterocycles. The highest BCUT2D eigenvalue weighted by molar-refractivity contribution is 7.99. The minimum Gasteiger partial charge on any atom is -0.453 e. The quantitative estimate of drug-likeness (QED) is 0.638. The molecule has 1 aromatic carbocycles. The van der Waals surface area contributed by atoms with Crippen molar-refractivity contribution in [3.8, 4) is 0 Å². The third-order valence-corrected chi connectivity index (χ3v) is 4.27. The Kier molecular flexibility index (Phi) is 5.21. The zero-order valence-electron chi connectivity index (χ0n) is 11.9. The number of nitrogens with one attached hydrogen (secondary N) is 2. The average Bonchev–Trinajstić information content (AvgIpc) is 3.18. The van der Waals surface area contributed by atoms with Crippen LogP contribution >= 0.6 is 23.4 Å². The van der Waals surface area contributed by atoms with E-state index in [2.05, 4.69) is 15.3 Å². The van der Waals surface area contributed by atoms with Crippen LogP contribution in [0, 0.1) is 0 Å². The minimum absolute atomic E-state index is 0.718. The number of hydrogen-bond acceptors (Lipinski definition) is 4. The molecule has 4 nitrogen and oxygen atoms in total. The number of benzene rings is 1. The Labute approximate surface area is 138 Å². The number of hydrogen-bond donors (Lipinski definition) is 2. The maximum Gasteiger partial charge on any atom is 0.165 e. The monoisotopic (exact) mass is 333 g/mol. The van der Waals surface area contributed by atoms with E-state index in [1.807, 2.05) is 42.6 Å². The zero-order valence-corrected chi connectivity index (χ0v) is 13.5. The molecule has 3 aromatic rings.